The molecule has 0 aliphatic heterocycles. The molecular formula is C55H98N2O7P+. The van der Waals surface area contributed by atoms with E-state index in [1.807, 2.05) is 45.4 Å². The highest BCUT2D eigenvalue weighted by molar-refractivity contribution is 7.47. The topological polar surface area (TPSA) is 111 Å². The summed E-state index contributed by atoms with van der Waals surface area (Å²) in [5.74, 6) is -0.561. The molecule has 0 bridgehead atoms. The predicted molar refractivity (Wildman–Crippen MR) is 277 cm³/mol. The van der Waals surface area contributed by atoms with Crippen molar-refractivity contribution < 1.29 is 37.3 Å². The Kier molecular flexibility index (Phi) is 43.1. The van der Waals surface area contributed by atoms with Crippen LogP contribution in [0.1, 0.15) is 201 Å². The lowest BCUT2D eigenvalue weighted by molar-refractivity contribution is -0.870. The SMILES string of the molecule is CC/C=C/C=C/C=C\CCCCCCCC(=O)NC(COP(=O)(O)OCC[N+](C)(C)C)C(/C=C/CCCCCCCCCCCCC)OC(=O)CCCCCCC\C=C/C=C/C=C/CC. The van der Waals surface area contributed by atoms with Crippen LogP contribution in [0.5, 0.6) is 0 Å². The van der Waals surface area contributed by atoms with Gasteiger partial charge in [-0.25, -0.2) is 4.57 Å². The van der Waals surface area contributed by atoms with Crippen LogP contribution in [0.4, 0.5) is 0 Å². The first-order chi connectivity index (χ1) is 31.4. The summed E-state index contributed by atoms with van der Waals surface area (Å²) in [4.78, 5) is 37.4. The van der Waals surface area contributed by atoms with Gasteiger partial charge in [0.2, 0.25) is 5.91 Å². The van der Waals surface area contributed by atoms with Crippen molar-refractivity contribution in [1.29, 1.82) is 0 Å². The maximum absolute atomic E-state index is 13.4. The van der Waals surface area contributed by atoms with E-state index in [2.05, 4.69) is 86.8 Å². The molecule has 9 nitrogen and oxygen atoms in total. The largest absolute Gasteiger partial charge is 0.472 e. The minimum Gasteiger partial charge on any atom is -0.456 e. The molecule has 0 radical (unpaired) electrons. The Hall–Kier alpha value is -2.81. The van der Waals surface area contributed by atoms with Crippen LogP contribution in [-0.4, -0.2) is 74.3 Å². The van der Waals surface area contributed by atoms with Gasteiger partial charge < -0.3 is 19.4 Å². The van der Waals surface area contributed by atoms with Crippen LogP contribution in [0.25, 0.3) is 0 Å². The summed E-state index contributed by atoms with van der Waals surface area (Å²) in [6, 6.07) is -0.869. The van der Waals surface area contributed by atoms with E-state index >= 15 is 0 Å². The summed E-state index contributed by atoms with van der Waals surface area (Å²) in [6.07, 6.45) is 57.2. The fourth-order valence-electron chi connectivity index (χ4n) is 6.94. The number of amides is 1. The number of hydrogen-bond acceptors (Lipinski definition) is 6. The molecule has 65 heavy (non-hydrogen) atoms. The lowest BCUT2D eigenvalue weighted by Crippen LogP contribution is -2.47. The van der Waals surface area contributed by atoms with E-state index in [0.717, 1.165) is 103 Å². The molecule has 0 aromatic carbocycles. The van der Waals surface area contributed by atoms with Gasteiger partial charge in [0.05, 0.1) is 33.8 Å². The fraction of sp³-hybridized carbons (Fsp3) is 0.709. The van der Waals surface area contributed by atoms with E-state index in [4.69, 9.17) is 13.8 Å². The fourth-order valence-corrected chi connectivity index (χ4v) is 7.67. The minimum absolute atomic E-state index is 0.0283. The molecular weight excluding hydrogens is 832 g/mol. The van der Waals surface area contributed by atoms with Gasteiger partial charge in [0.15, 0.2) is 0 Å². The molecule has 3 atom stereocenters. The summed E-state index contributed by atoms with van der Waals surface area (Å²) in [5, 5.41) is 3.02. The van der Waals surface area contributed by atoms with Gasteiger partial charge >= 0.3 is 13.8 Å². The third kappa shape index (κ3) is 46.1. The van der Waals surface area contributed by atoms with Crippen molar-refractivity contribution in [3.05, 3.63) is 85.1 Å². The number of allylic oxidation sites excluding steroid dienone is 13. The van der Waals surface area contributed by atoms with Gasteiger partial charge in [-0.15, -0.1) is 0 Å². The summed E-state index contributed by atoms with van der Waals surface area (Å²) in [6.45, 7) is 6.69. The van der Waals surface area contributed by atoms with E-state index in [9.17, 15) is 19.0 Å². The molecule has 0 rings (SSSR count). The number of carbonyl (C=O) groups is 2. The molecule has 3 unspecified atom stereocenters. The molecule has 0 aliphatic carbocycles. The highest BCUT2D eigenvalue weighted by atomic mass is 31.2. The van der Waals surface area contributed by atoms with Crippen LogP contribution in [-0.2, 0) is 27.9 Å². The van der Waals surface area contributed by atoms with Crippen molar-refractivity contribution in [2.75, 3.05) is 40.9 Å². The average Bonchev–Trinajstić information content (AvgIpc) is 3.26. The van der Waals surface area contributed by atoms with Crippen molar-refractivity contribution >= 4 is 19.7 Å². The summed E-state index contributed by atoms with van der Waals surface area (Å²) in [7, 11) is 1.45. The molecule has 10 heteroatoms. The lowest BCUT2D eigenvalue weighted by Gasteiger charge is -2.27. The van der Waals surface area contributed by atoms with Crippen LogP contribution < -0.4 is 5.32 Å². The highest BCUT2D eigenvalue weighted by Gasteiger charge is 2.30. The zero-order valence-electron chi connectivity index (χ0n) is 42.4. The Labute approximate surface area is 399 Å². The number of nitrogens with zero attached hydrogens (tertiary/aromatic N) is 1. The third-order valence-corrected chi connectivity index (χ3v) is 11.9. The van der Waals surface area contributed by atoms with Gasteiger partial charge in [0.25, 0.3) is 0 Å². The molecule has 0 aromatic heterocycles. The van der Waals surface area contributed by atoms with Gasteiger partial charge in [-0.2, -0.15) is 0 Å². The molecule has 0 aromatic rings. The molecule has 0 aliphatic rings. The molecule has 2 N–H and O–H groups in total. The van der Waals surface area contributed by atoms with Gasteiger partial charge in [0, 0.05) is 12.8 Å². The van der Waals surface area contributed by atoms with Gasteiger partial charge in [-0.3, -0.25) is 18.6 Å². The number of likely N-dealkylation sites (N-methyl/N-ethyl adjacent to an activating group) is 1. The first-order valence-electron chi connectivity index (χ1n) is 26.0. The zero-order chi connectivity index (χ0) is 48.0. The Morgan fingerprint density at radius 3 is 1.46 bits per heavy atom. The minimum atomic E-state index is -4.45. The number of phosphoric acid groups is 1. The first-order valence-corrected chi connectivity index (χ1v) is 27.5. The van der Waals surface area contributed by atoms with E-state index in [1.54, 1.807) is 0 Å². The predicted octanol–water partition coefficient (Wildman–Crippen LogP) is 15.1. The monoisotopic (exact) mass is 930 g/mol. The van der Waals surface area contributed by atoms with Crippen LogP contribution in [0, 0.1) is 0 Å². The molecule has 0 spiro atoms. The normalized spacial score (nSPS) is 14.6. The Bertz CT molecular complexity index is 1390. The van der Waals surface area contributed by atoms with Crippen molar-refractivity contribution in [1.82, 2.24) is 5.32 Å². The Balaban J connectivity index is 5.53. The Morgan fingerprint density at radius 1 is 0.554 bits per heavy atom. The van der Waals surface area contributed by atoms with E-state index in [1.165, 1.54) is 57.8 Å². The lowest BCUT2D eigenvalue weighted by atomic mass is 10.0. The number of hydrogen-bond donors (Lipinski definition) is 2. The van der Waals surface area contributed by atoms with E-state index < -0.39 is 20.0 Å². The van der Waals surface area contributed by atoms with Crippen molar-refractivity contribution in [3.8, 4) is 0 Å². The summed E-state index contributed by atoms with van der Waals surface area (Å²) < 4.78 is 30.5. The second-order valence-corrected chi connectivity index (χ2v) is 19.9. The molecule has 374 valence electrons. The number of unbranched alkanes of at least 4 members (excludes halogenated alkanes) is 21. The summed E-state index contributed by atoms with van der Waals surface area (Å²) in [5.41, 5.74) is 0. The van der Waals surface area contributed by atoms with Crippen molar-refractivity contribution in [2.45, 2.75) is 213 Å². The van der Waals surface area contributed by atoms with E-state index in [-0.39, 0.29) is 31.5 Å². The number of esters is 1. The van der Waals surface area contributed by atoms with Crippen molar-refractivity contribution in [2.24, 2.45) is 0 Å². The molecule has 1 amide bonds. The number of ether oxygens (including phenoxy) is 1. The van der Waals surface area contributed by atoms with Crippen molar-refractivity contribution in [3.63, 3.8) is 0 Å². The summed E-state index contributed by atoms with van der Waals surface area (Å²) >= 11 is 0. The van der Waals surface area contributed by atoms with Crippen LogP contribution in [0.3, 0.4) is 0 Å². The van der Waals surface area contributed by atoms with Crippen LogP contribution in [0.2, 0.25) is 0 Å². The van der Waals surface area contributed by atoms with Gasteiger partial charge in [0.1, 0.15) is 19.3 Å². The third-order valence-electron chi connectivity index (χ3n) is 11.0. The smallest absolute Gasteiger partial charge is 0.456 e. The maximum atomic E-state index is 13.4. The molecule has 0 fully saturated rings. The van der Waals surface area contributed by atoms with E-state index in [0.29, 0.717) is 23.9 Å². The van der Waals surface area contributed by atoms with Gasteiger partial charge in [-0.05, 0) is 70.3 Å². The quantitative estimate of drug-likeness (QED) is 0.0156. The molecule has 0 saturated heterocycles. The molecule has 0 saturated carbocycles. The molecule has 0 heterocycles. The maximum Gasteiger partial charge on any atom is 0.472 e. The average molecular weight is 930 g/mol. The van der Waals surface area contributed by atoms with Gasteiger partial charge in [-0.1, -0.05) is 202 Å². The second-order valence-electron chi connectivity index (χ2n) is 18.4. The Morgan fingerprint density at radius 2 is 0.985 bits per heavy atom. The van der Waals surface area contributed by atoms with Crippen LogP contribution >= 0.6 is 7.82 Å². The second kappa shape index (κ2) is 45.0. The highest BCUT2D eigenvalue weighted by Crippen LogP contribution is 2.43. The number of rotatable bonds is 45. The van der Waals surface area contributed by atoms with Crippen LogP contribution in [0.15, 0.2) is 85.1 Å². The number of quaternary nitrogens is 1. The standard InChI is InChI=1S/C55H97N2O7P/c1-7-10-13-16-19-22-25-28-31-34-37-40-43-46-53(64-55(59)48-45-42-39-36-33-30-27-24-21-18-15-12-9-3)52(51-63-65(60,61)62-50-49-57(4,5)6)56-54(58)47-44-41-38-35-32-29-26-23-20-17-14-11-8-2/h11-12,14-15,17-18,20-21,23-24,26-27,43,46,52-53H,7-10,13,16,19,22,25,28-42,44-45,47-51H2,1-6H3,(H-,56,58,60,61)/p+1/b14-11+,15-12+,20-17+,21-18+,26-23-,27-24-,46-43+. The number of nitrogens with one attached hydrogen (secondary N) is 1. The number of carbonyl (C=O) groups excluding carboxylic acids is 2. The first kappa shape index (κ1) is 62.2. The number of phosphoric ester groups is 1. The zero-order valence-corrected chi connectivity index (χ0v) is 43.3.